The van der Waals surface area contributed by atoms with Crippen molar-refractivity contribution in [3.63, 3.8) is 0 Å². The highest BCUT2D eigenvalue weighted by molar-refractivity contribution is 6.72. The van der Waals surface area contributed by atoms with Gasteiger partial charge in [-0.1, -0.05) is 32.0 Å². The average Bonchev–Trinajstić information content (AvgIpc) is 2.25. The van der Waals surface area contributed by atoms with Gasteiger partial charge in [-0.3, -0.25) is 4.79 Å². The second-order valence-corrected chi connectivity index (χ2v) is 10.7. The number of hydrogen-bond donors (Lipinski definition) is 1. The molecule has 0 spiro atoms. The van der Waals surface area contributed by atoms with E-state index in [-0.39, 0.29) is 10.8 Å². The number of carbonyl (C=O) groups is 1. The van der Waals surface area contributed by atoms with E-state index in [0.717, 1.165) is 18.4 Å². The van der Waals surface area contributed by atoms with Crippen LogP contribution in [-0.2, 0) is 6.42 Å². The van der Waals surface area contributed by atoms with Gasteiger partial charge in [0.25, 0.3) is 0 Å². The molecule has 0 heterocycles. The SMILES string of the molecule is CC(=O)c1cccc(CCC(C)(C)[Si](C)(C)O)c1. The number of ketones is 1. The zero-order valence-corrected chi connectivity index (χ0v) is 13.1. The molecule has 0 aliphatic carbocycles. The molecule has 18 heavy (non-hydrogen) atoms. The van der Waals surface area contributed by atoms with Crippen molar-refractivity contribution in [2.24, 2.45) is 0 Å². The lowest BCUT2D eigenvalue weighted by molar-refractivity contribution is 0.101. The Balaban J connectivity index is 2.75. The first kappa shape index (κ1) is 15.1. The second-order valence-electron chi connectivity index (χ2n) is 6.20. The summed E-state index contributed by atoms with van der Waals surface area (Å²) < 4.78 is 0. The number of carbonyl (C=O) groups excluding carboxylic acids is 1. The average molecular weight is 264 g/mol. The van der Waals surface area contributed by atoms with Crippen molar-refractivity contribution in [1.29, 1.82) is 0 Å². The van der Waals surface area contributed by atoms with E-state index >= 15 is 0 Å². The lowest BCUT2D eigenvalue weighted by Crippen LogP contribution is -2.39. The Hall–Kier alpha value is -0.933. The van der Waals surface area contributed by atoms with Gasteiger partial charge in [-0.2, -0.15) is 0 Å². The number of benzene rings is 1. The van der Waals surface area contributed by atoms with Crippen molar-refractivity contribution < 1.29 is 9.59 Å². The maximum Gasteiger partial charge on any atom is 0.188 e. The Labute approximate surface area is 111 Å². The summed E-state index contributed by atoms with van der Waals surface area (Å²) in [6.45, 7) is 9.83. The lowest BCUT2D eigenvalue weighted by Gasteiger charge is -2.35. The van der Waals surface area contributed by atoms with Crippen LogP contribution in [0.1, 0.15) is 43.1 Å². The Kier molecular flexibility index (Phi) is 4.51. The molecule has 0 saturated carbocycles. The van der Waals surface area contributed by atoms with E-state index in [2.05, 4.69) is 19.9 Å². The van der Waals surface area contributed by atoms with Crippen LogP contribution in [0.15, 0.2) is 24.3 Å². The summed E-state index contributed by atoms with van der Waals surface area (Å²) in [5.41, 5.74) is 1.94. The maximum absolute atomic E-state index is 11.3. The summed E-state index contributed by atoms with van der Waals surface area (Å²) in [5, 5.41) is -0.0147. The van der Waals surface area contributed by atoms with Gasteiger partial charge in [0, 0.05) is 5.56 Å². The van der Waals surface area contributed by atoms with Crippen LogP contribution in [0.2, 0.25) is 18.1 Å². The van der Waals surface area contributed by atoms with Crippen molar-refractivity contribution in [2.45, 2.75) is 51.7 Å². The summed E-state index contributed by atoms with van der Waals surface area (Å²) in [4.78, 5) is 21.6. The van der Waals surface area contributed by atoms with E-state index in [0.29, 0.717) is 0 Å². The molecular formula is C15H24O2Si. The molecule has 1 aromatic carbocycles. The fourth-order valence-corrected chi connectivity index (χ4v) is 2.45. The molecule has 0 fully saturated rings. The first-order chi connectivity index (χ1) is 8.13. The molecule has 1 aromatic rings. The molecule has 1 rings (SSSR count). The molecule has 0 radical (unpaired) electrons. The van der Waals surface area contributed by atoms with Crippen LogP contribution in [0, 0.1) is 0 Å². The van der Waals surface area contributed by atoms with Gasteiger partial charge >= 0.3 is 0 Å². The van der Waals surface area contributed by atoms with Gasteiger partial charge < -0.3 is 4.80 Å². The van der Waals surface area contributed by atoms with Gasteiger partial charge in [-0.05, 0) is 49.5 Å². The van der Waals surface area contributed by atoms with Crippen molar-refractivity contribution in [3.8, 4) is 0 Å². The topological polar surface area (TPSA) is 37.3 Å². The van der Waals surface area contributed by atoms with Gasteiger partial charge in [0.15, 0.2) is 14.1 Å². The highest BCUT2D eigenvalue weighted by Crippen LogP contribution is 2.39. The number of aryl methyl sites for hydroxylation is 1. The molecule has 0 unspecified atom stereocenters. The molecule has 0 saturated heterocycles. The zero-order valence-electron chi connectivity index (χ0n) is 12.1. The Morgan fingerprint density at radius 1 is 1.33 bits per heavy atom. The van der Waals surface area contributed by atoms with Gasteiger partial charge in [0.1, 0.15) is 0 Å². The third kappa shape index (κ3) is 3.78. The molecular weight excluding hydrogens is 240 g/mol. The molecule has 0 aliphatic rings. The largest absolute Gasteiger partial charge is 0.432 e. The number of Topliss-reactive ketones (excluding diaryl/α,β-unsaturated/α-hetero) is 1. The third-order valence-electron chi connectivity index (χ3n) is 4.03. The molecule has 3 heteroatoms. The quantitative estimate of drug-likeness (QED) is 0.649. The van der Waals surface area contributed by atoms with E-state index < -0.39 is 8.32 Å². The van der Waals surface area contributed by atoms with Crippen molar-refractivity contribution >= 4 is 14.1 Å². The van der Waals surface area contributed by atoms with Crippen LogP contribution >= 0.6 is 0 Å². The molecule has 0 aromatic heterocycles. The molecule has 0 aliphatic heterocycles. The van der Waals surface area contributed by atoms with Crippen LogP contribution in [-0.4, -0.2) is 18.9 Å². The molecule has 0 amide bonds. The van der Waals surface area contributed by atoms with E-state index in [1.807, 2.05) is 31.3 Å². The van der Waals surface area contributed by atoms with Gasteiger partial charge in [0.2, 0.25) is 0 Å². The number of rotatable bonds is 5. The highest BCUT2D eigenvalue weighted by Gasteiger charge is 2.37. The van der Waals surface area contributed by atoms with E-state index in [1.54, 1.807) is 6.92 Å². The van der Waals surface area contributed by atoms with Crippen LogP contribution < -0.4 is 0 Å². The maximum atomic E-state index is 11.3. The van der Waals surface area contributed by atoms with Crippen molar-refractivity contribution in [3.05, 3.63) is 35.4 Å². The predicted octanol–water partition coefficient (Wildman–Crippen LogP) is 3.80. The van der Waals surface area contributed by atoms with E-state index in [1.165, 1.54) is 5.56 Å². The molecule has 2 nitrogen and oxygen atoms in total. The molecule has 0 bridgehead atoms. The van der Waals surface area contributed by atoms with Gasteiger partial charge in [0.05, 0.1) is 0 Å². The fraction of sp³-hybridized carbons (Fsp3) is 0.533. The summed E-state index contributed by atoms with van der Waals surface area (Å²) in [6.07, 6.45) is 1.86. The van der Waals surface area contributed by atoms with Crippen molar-refractivity contribution in [2.75, 3.05) is 0 Å². The number of hydrogen-bond acceptors (Lipinski definition) is 2. The predicted molar refractivity (Wildman–Crippen MR) is 78.5 cm³/mol. The van der Waals surface area contributed by atoms with E-state index in [9.17, 15) is 9.59 Å². The highest BCUT2D eigenvalue weighted by atomic mass is 28.4. The van der Waals surface area contributed by atoms with Crippen LogP contribution in [0.4, 0.5) is 0 Å². The van der Waals surface area contributed by atoms with E-state index in [4.69, 9.17) is 0 Å². The van der Waals surface area contributed by atoms with Gasteiger partial charge in [-0.15, -0.1) is 0 Å². The monoisotopic (exact) mass is 264 g/mol. The fourth-order valence-electron chi connectivity index (χ4n) is 1.71. The van der Waals surface area contributed by atoms with Crippen LogP contribution in [0.25, 0.3) is 0 Å². The first-order valence-corrected chi connectivity index (χ1v) is 9.40. The minimum absolute atomic E-state index is 0.0147. The summed E-state index contributed by atoms with van der Waals surface area (Å²) >= 11 is 0. The van der Waals surface area contributed by atoms with Crippen molar-refractivity contribution in [1.82, 2.24) is 0 Å². The first-order valence-electron chi connectivity index (χ1n) is 6.46. The summed E-state index contributed by atoms with van der Waals surface area (Å²) in [5.74, 6) is 0.105. The molecule has 1 N–H and O–H groups in total. The Morgan fingerprint density at radius 2 is 1.94 bits per heavy atom. The minimum Gasteiger partial charge on any atom is -0.432 e. The van der Waals surface area contributed by atoms with Gasteiger partial charge in [-0.25, -0.2) is 0 Å². The lowest BCUT2D eigenvalue weighted by atomic mass is 9.99. The summed E-state index contributed by atoms with van der Waals surface area (Å²) in [7, 11) is -2.14. The second kappa shape index (κ2) is 5.37. The Bertz CT molecular complexity index is 430. The zero-order chi connectivity index (χ0) is 14.0. The minimum atomic E-state index is -2.14. The smallest absolute Gasteiger partial charge is 0.188 e. The molecule has 100 valence electrons. The Morgan fingerprint density at radius 3 is 2.44 bits per heavy atom. The summed E-state index contributed by atoms with van der Waals surface area (Å²) in [6, 6.07) is 7.79. The van der Waals surface area contributed by atoms with Crippen LogP contribution in [0.5, 0.6) is 0 Å². The molecule has 0 atom stereocenters. The normalized spacial score (nSPS) is 12.6. The third-order valence-corrected chi connectivity index (χ3v) is 7.59. The standard InChI is InChI=1S/C15H24O2Si/c1-12(16)14-8-6-7-13(11-14)9-10-15(2,3)18(4,5)17/h6-8,11,17H,9-10H2,1-5H3. The van der Waals surface area contributed by atoms with Crippen LogP contribution in [0.3, 0.4) is 0 Å².